The second-order valence-corrected chi connectivity index (χ2v) is 6.15. The van der Waals surface area contributed by atoms with Crippen LogP contribution in [-0.2, 0) is 4.79 Å². The van der Waals surface area contributed by atoms with Crippen molar-refractivity contribution in [2.75, 3.05) is 0 Å². The fraction of sp³-hybridized carbons (Fsp3) is 0.933. The van der Waals surface area contributed by atoms with Crippen LogP contribution in [0.1, 0.15) is 59.3 Å². The Labute approximate surface area is 106 Å². The van der Waals surface area contributed by atoms with Gasteiger partial charge in [0.05, 0.1) is 0 Å². The van der Waals surface area contributed by atoms with Gasteiger partial charge in [0.15, 0.2) is 0 Å². The molecule has 0 aromatic carbocycles. The molecule has 0 spiro atoms. The SMILES string of the molecule is CCC(CC)C(=O)N[C@@H](C)[C@@H]1C[C@H]2CC[C@H]1C2. The van der Waals surface area contributed by atoms with Crippen molar-refractivity contribution >= 4 is 5.91 Å². The third-order valence-corrected chi connectivity index (χ3v) is 5.16. The van der Waals surface area contributed by atoms with Crippen LogP contribution in [0.15, 0.2) is 0 Å². The van der Waals surface area contributed by atoms with E-state index in [0.717, 1.165) is 30.6 Å². The van der Waals surface area contributed by atoms with Gasteiger partial charge in [-0.2, -0.15) is 0 Å². The highest BCUT2D eigenvalue weighted by Gasteiger charge is 2.42. The van der Waals surface area contributed by atoms with E-state index in [9.17, 15) is 4.79 Å². The maximum atomic E-state index is 12.1. The molecular formula is C15H27NO. The van der Waals surface area contributed by atoms with E-state index in [1.54, 1.807) is 0 Å². The molecule has 2 saturated carbocycles. The van der Waals surface area contributed by atoms with E-state index in [-0.39, 0.29) is 11.8 Å². The van der Waals surface area contributed by atoms with Crippen molar-refractivity contribution in [3.05, 3.63) is 0 Å². The average Bonchev–Trinajstić information content (AvgIpc) is 2.92. The van der Waals surface area contributed by atoms with Crippen molar-refractivity contribution in [1.29, 1.82) is 0 Å². The van der Waals surface area contributed by atoms with Crippen LogP contribution < -0.4 is 5.32 Å². The van der Waals surface area contributed by atoms with Crippen LogP contribution in [0.5, 0.6) is 0 Å². The number of fused-ring (bicyclic) bond motifs is 2. The number of nitrogens with one attached hydrogen (secondary N) is 1. The summed E-state index contributed by atoms with van der Waals surface area (Å²) in [6.45, 7) is 6.43. The molecule has 4 atom stereocenters. The van der Waals surface area contributed by atoms with Crippen molar-refractivity contribution in [2.24, 2.45) is 23.7 Å². The van der Waals surface area contributed by atoms with Crippen LogP contribution in [0.2, 0.25) is 0 Å². The van der Waals surface area contributed by atoms with Crippen LogP contribution in [0, 0.1) is 23.7 Å². The minimum atomic E-state index is 0.219. The smallest absolute Gasteiger partial charge is 0.223 e. The molecule has 0 unspecified atom stereocenters. The lowest BCUT2D eigenvalue weighted by molar-refractivity contribution is -0.126. The highest BCUT2D eigenvalue weighted by atomic mass is 16.1. The lowest BCUT2D eigenvalue weighted by atomic mass is 9.83. The quantitative estimate of drug-likeness (QED) is 0.780. The highest BCUT2D eigenvalue weighted by Crippen LogP contribution is 2.49. The molecule has 2 nitrogen and oxygen atoms in total. The van der Waals surface area contributed by atoms with E-state index >= 15 is 0 Å². The number of rotatable bonds is 5. The topological polar surface area (TPSA) is 29.1 Å². The van der Waals surface area contributed by atoms with Gasteiger partial charge in [-0.25, -0.2) is 0 Å². The summed E-state index contributed by atoms with van der Waals surface area (Å²) in [7, 11) is 0. The van der Waals surface area contributed by atoms with Crippen molar-refractivity contribution in [3.63, 3.8) is 0 Å². The molecule has 0 saturated heterocycles. The summed E-state index contributed by atoms with van der Waals surface area (Å²) in [6.07, 6.45) is 7.55. The van der Waals surface area contributed by atoms with Crippen LogP contribution >= 0.6 is 0 Å². The summed E-state index contributed by atoms with van der Waals surface area (Å²) in [5.74, 6) is 3.13. The molecule has 0 radical (unpaired) electrons. The monoisotopic (exact) mass is 237 g/mol. The third-order valence-electron chi connectivity index (χ3n) is 5.16. The Morgan fingerprint density at radius 1 is 1.24 bits per heavy atom. The maximum Gasteiger partial charge on any atom is 0.223 e. The summed E-state index contributed by atoms with van der Waals surface area (Å²) in [4.78, 5) is 12.1. The van der Waals surface area contributed by atoms with Crippen molar-refractivity contribution in [3.8, 4) is 0 Å². The van der Waals surface area contributed by atoms with Crippen molar-refractivity contribution in [2.45, 2.75) is 65.3 Å². The molecule has 0 aliphatic heterocycles. The van der Waals surface area contributed by atoms with Crippen LogP contribution in [0.25, 0.3) is 0 Å². The third kappa shape index (κ3) is 2.66. The molecule has 98 valence electrons. The van der Waals surface area contributed by atoms with E-state index in [1.807, 2.05) is 0 Å². The predicted molar refractivity (Wildman–Crippen MR) is 70.6 cm³/mol. The average molecular weight is 237 g/mol. The van der Waals surface area contributed by atoms with Gasteiger partial charge in [-0.1, -0.05) is 20.3 Å². The van der Waals surface area contributed by atoms with Crippen LogP contribution in [0.3, 0.4) is 0 Å². The molecule has 2 aliphatic rings. The first kappa shape index (κ1) is 12.9. The van der Waals surface area contributed by atoms with Crippen LogP contribution in [-0.4, -0.2) is 11.9 Å². The van der Waals surface area contributed by atoms with Crippen molar-refractivity contribution < 1.29 is 4.79 Å². The van der Waals surface area contributed by atoms with E-state index in [1.165, 1.54) is 25.7 Å². The molecule has 1 amide bonds. The Morgan fingerprint density at radius 2 is 1.94 bits per heavy atom. The lowest BCUT2D eigenvalue weighted by Crippen LogP contribution is -2.42. The molecule has 17 heavy (non-hydrogen) atoms. The van der Waals surface area contributed by atoms with Crippen molar-refractivity contribution in [1.82, 2.24) is 5.32 Å². The van der Waals surface area contributed by atoms with Gasteiger partial charge in [-0.3, -0.25) is 4.79 Å². The Bertz CT molecular complexity index is 272. The molecule has 2 heteroatoms. The first-order chi connectivity index (χ1) is 8.15. The highest BCUT2D eigenvalue weighted by molar-refractivity contribution is 5.78. The van der Waals surface area contributed by atoms with E-state index < -0.39 is 0 Å². The molecule has 0 aromatic heterocycles. The Kier molecular flexibility index (Phi) is 4.11. The van der Waals surface area contributed by atoms with Gasteiger partial charge in [-0.15, -0.1) is 0 Å². The van der Waals surface area contributed by atoms with Gasteiger partial charge in [0.25, 0.3) is 0 Å². The van der Waals surface area contributed by atoms with Gasteiger partial charge >= 0.3 is 0 Å². The largest absolute Gasteiger partial charge is 0.353 e. The van der Waals surface area contributed by atoms with E-state index in [2.05, 4.69) is 26.1 Å². The Balaban J connectivity index is 1.84. The molecule has 2 fully saturated rings. The number of carbonyl (C=O) groups excluding carboxylic acids is 1. The zero-order valence-corrected chi connectivity index (χ0v) is 11.5. The Hall–Kier alpha value is -0.530. The molecule has 0 aromatic rings. The van der Waals surface area contributed by atoms with Gasteiger partial charge in [-0.05, 0) is 56.8 Å². The zero-order chi connectivity index (χ0) is 12.4. The number of carbonyl (C=O) groups is 1. The van der Waals surface area contributed by atoms with Gasteiger partial charge in [0, 0.05) is 12.0 Å². The number of hydrogen-bond acceptors (Lipinski definition) is 1. The summed E-state index contributed by atoms with van der Waals surface area (Å²) in [5, 5.41) is 3.27. The fourth-order valence-corrected chi connectivity index (χ4v) is 4.02. The molecule has 2 bridgehead atoms. The Morgan fingerprint density at radius 3 is 2.41 bits per heavy atom. The second kappa shape index (κ2) is 5.41. The van der Waals surface area contributed by atoms with Gasteiger partial charge in [0.1, 0.15) is 0 Å². The summed E-state index contributed by atoms with van der Waals surface area (Å²) < 4.78 is 0. The first-order valence-electron chi connectivity index (χ1n) is 7.46. The predicted octanol–water partition coefficient (Wildman–Crippen LogP) is 3.36. The number of amides is 1. The lowest BCUT2D eigenvalue weighted by Gasteiger charge is -2.29. The standard InChI is InChI=1S/C15H27NO/c1-4-12(5-2)15(17)16-10(3)14-9-11-6-7-13(14)8-11/h10-14H,4-9H2,1-3H3,(H,16,17)/t10-,11-,13-,14-/m0/s1. The van der Waals surface area contributed by atoms with Crippen LogP contribution in [0.4, 0.5) is 0 Å². The fourth-order valence-electron chi connectivity index (χ4n) is 4.02. The summed E-state index contributed by atoms with van der Waals surface area (Å²) in [5.41, 5.74) is 0. The van der Waals surface area contributed by atoms with E-state index in [4.69, 9.17) is 0 Å². The zero-order valence-electron chi connectivity index (χ0n) is 11.5. The minimum absolute atomic E-state index is 0.219. The molecule has 0 heterocycles. The second-order valence-electron chi connectivity index (χ2n) is 6.15. The van der Waals surface area contributed by atoms with E-state index in [0.29, 0.717) is 6.04 Å². The summed E-state index contributed by atoms with van der Waals surface area (Å²) >= 11 is 0. The van der Waals surface area contributed by atoms with Gasteiger partial charge < -0.3 is 5.32 Å². The molecule has 2 aliphatic carbocycles. The first-order valence-corrected chi connectivity index (χ1v) is 7.46. The normalized spacial score (nSPS) is 33.1. The molecular weight excluding hydrogens is 210 g/mol. The van der Waals surface area contributed by atoms with Gasteiger partial charge in [0.2, 0.25) is 5.91 Å². The molecule has 1 N–H and O–H groups in total. The molecule has 2 rings (SSSR count). The minimum Gasteiger partial charge on any atom is -0.353 e. The number of hydrogen-bond donors (Lipinski definition) is 1. The summed E-state index contributed by atoms with van der Waals surface area (Å²) in [6, 6.07) is 0.387. The maximum absolute atomic E-state index is 12.1.